The smallest absolute Gasteiger partial charge is 0.0433 e. The molecule has 0 fully saturated rings. The Bertz CT molecular complexity index is 190. The SMILES string of the molecule is CCC(C)C(CC)C(CC)C(CCO)C(C)CC. The summed E-state index contributed by atoms with van der Waals surface area (Å²) < 4.78 is 0. The van der Waals surface area contributed by atoms with Gasteiger partial charge in [0, 0.05) is 6.61 Å². The maximum atomic E-state index is 9.38. The van der Waals surface area contributed by atoms with Crippen LogP contribution in [0.5, 0.6) is 0 Å². The van der Waals surface area contributed by atoms with Crippen molar-refractivity contribution in [3.63, 3.8) is 0 Å². The van der Waals surface area contributed by atoms with Crippen molar-refractivity contribution in [3.8, 4) is 0 Å². The van der Waals surface area contributed by atoms with Gasteiger partial charge in [-0.3, -0.25) is 0 Å². The first kappa shape index (κ1) is 18.0. The number of hydrogen-bond donors (Lipinski definition) is 1. The molecule has 0 aromatic heterocycles. The molecule has 0 amide bonds. The highest BCUT2D eigenvalue weighted by Crippen LogP contribution is 2.39. The second-order valence-corrected chi connectivity index (χ2v) is 6.09. The molecule has 1 heteroatoms. The van der Waals surface area contributed by atoms with Crippen LogP contribution in [0.3, 0.4) is 0 Å². The van der Waals surface area contributed by atoms with Gasteiger partial charge in [0.15, 0.2) is 0 Å². The molecule has 0 aromatic carbocycles. The van der Waals surface area contributed by atoms with E-state index in [0.717, 1.165) is 30.1 Å². The third kappa shape index (κ3) is 4.91. The molecule has 0 rings (SSSR count). The molecule has 5 unspecified atom stereocenters. The fraction of sp³-hybridized carbons (Fsp3) is 1.00. The van der Waals surface area contributed by atoms with E-state index in [1.165, 1.54) is 25.7 Å². The summed E-state index contributed by atoms with van der Waals surface area (Å²) in [5, 5.41) is 9.38. The molecular formula is C17H36O. The van der Waals surface area contributed by atoms with Crippen LogP contribution in [-0.4, -0.2) is 11.7 Å². The summed E-state index contributed by atoms with van der Waals surface area (Å²) in [7, 11) is 0. The Morgan fingerprint density at radius 2 is 1.11 bits per heavy atom. The average Bonchev–Trinajstić information content (AvgIpc) is 2.40. The van der Waals surface area contributed by atoms with Crippen molar-refractivity contribution in [2.75, 3.05) is 6.61 Å². The zero-order valence-electron chi connectivity index (χ0n) is 13.6. The molecule has 0 aromatic rings. The van der Waals surface area contributed by atoms with Crippen LogP contribution in [-0.2, 0) is 0 Å². The van der Waals surface area contributed by atoms with Crippen LogP contribution < -0.4 is 0 Å². The van der Waals surface area contributed by atoms with Gasteiger partial charge in [-0.2, -0.15) is 0 Å². The van der Waals surface area contributed by atoms with Gasteiger partial charge in [-0.05, 0) is 36.0 Å². The Morgan fingerprint density at radius 3 is 1.44 bits per heavy atom. The fourth-order valence-electron chi connectivity index (χ4n) is 3.73. The predicted octanol–water partition coefficient (Wildman–Crippen LogP) is 5.13. The molecule has 0 saturated carbocycles. The normalized spacial score (nSPS) is 20.2. The highest BCUT2D eigenvalue weighted by molar-refractivity contribution is 4.81. The van der Waals surface area contributed by atoms with Crippen molar-refractivity contribution >= 4 is 0 Å². The number of hydrogen-bond acceptors (Lipinski definition) is 1. The molecule has 0 aliphatic rings. The summed E-state index contributed by atoms with van der Waals surface area (Å²) >= 11 is 0. The zero-order chi connectivity index (χ0) is 14.1. The Labute approximate surface area is 115 Å². The van der Waals surface area contributed by atoms with E-state index in [4.69, 9.17) is 0 Å². The predicted molar refractivity (Wildman–Crippen MR) is 81.7 cm³/mol. The topological polar surface area (TPSA) is 20.2 Å². The van der Waals surface area contributed by atoms with Crippen molar-refractivity contribution in [1.29, 1.82) is 0 Å². The van der Waals surface area contributed by atoms with E-state index in [1.807, 2.05) is 0 Å². The van der Waals surface area contributed by atoms with Gasteiger partial charge in [0.1, 0.15) is 0 Å². The highest BCUT2D eigenvalue weighted by Gasteiger charge is 2.32. The molecule has 18 heavy (non-hydrogen) atoms. The van der Waals surface area contributed by atoms with E-state index in [2.05, 4.69) is 41.5 Å². The Balaban J connectivity index is 4.94. The Morgan fingerprint density at radius 1 is 0.667 bits per heavy atom. The lowest BCUT2D eigenvalue weighted by atomic mass is 9.67. The quantitative estimate of drug-likeness (QED) is 0.574. The minimum atomic E-state index is 0.350. The lowest BCUT2D eigenvalue weighted by Gasteiger charge is -2.38. The van der Waals surface area contributed by atoms with Gasteiger partial charge in [-0.25, -0.2) is 0 Å². The maximum absolute atomic E-state index is 9.38. The fourth-order valence-corrected chi connectivity index (χ4v) is 3.73. The summed E-state index contributed by atoms with van der Waals surface area (Å²) in [4.78, 5) is 0. The molecule has 0 spiro atoms. The van der Waals surface area contributed by atoms with Crippen LogP contribution in [0.25, 0.3) is 0 Å². The van der Waals surface area contributed by atoms with E-state index in [9.17, 15) is 5.11 Å². The van der Waals surface area contributed by atoms with Crippen molar-refractivity contribution in [3.05, 3.63) is 0 Å². The Hall–Kier alpha value is -0.0400. The van der Waals surface area contributed by atoms with Crippen molar-refractivity contribution < 1.29 is 5.11 Å². The average molecular weight is 256 g/mol. The van der Waals surface area contributed by atoms with E-state index >= 15 is 0 Å². The van der Waals surface area contributed by atoms with E-state index in [-0.39, 0.29) is 0 Å². The van der Waals surface area contributed by atoms with Crippen LogP contribution in [0.4, 0.5) is 0 Å². The van der Waals surface area contributed by atoms with Gasteiger partial charge in [-0.15, -0.1) is 0 Å². The summed E-state index contributed by atoms with van der Waals surface area (Å²) in [6.45, 7) is 14.4. The second kappa shape index (κ2) is 9.83. The first-order chi connectivity index (χ1) is 8.56. The first-order valence-corrected chi connectivity index (χ1v) is 8.17. The molecule has 0 aliphatic carbocycles. The molecule has 0 radical (unpaired) electrons. The van der Waals surface area contributed by atoms with Gasteiger partial charge in [0.2, 0.25) is 0 Å². The van der Waals surface area contributed by atoms with Gasteiger partial charge in [0.25, 0.3) is 0 Å². The lowest BCUT2D eigenvalue weighted by Crippen LogP contribution is -2.31. The molecule has 0 aliphatic heterocycles. The molecule has 5 atom stereocenters. The summed E-state index contributed by atoms with van der Waals surface area (Å²) in [6.07, 6.45) is 6.05. The highest BCUT2D eigenvalue weighted by atomic mass is 16.3. The van der Waals surface area contributed by atoms with Gasteiger partial charge >= 0.3 is 0 Å². The van der Waals surface area contributed by atoms with Crippen LogP contribution in [0.15, 0.2) is 0 Å². The molecule has 0 bridgehead atoms. The minimum absolute atomic E-state index is 0.350. The molecule has 1 N–H and O–H groups in total. The standard InChI is InChI=1S/C17H36O/c1-7-13(5)15(9-3)16(10-4)17(11-12-18)14(6)8-2/h13-18H,7-12H2,1-6H3. The molecule has 110 valence electrons. The first-order valence-electron chi connectivity index (χ1n) is 8.17. The van der Waals surface area contributed by atoms with Gasteiger partial charge < -0.3 is 5.11 Å². The zero-order valence-corrected chi connectivity index (χ0v) is 13.6. The van der Waals surface area contributed by atoms with Crippen molar-refractivity contribution in [2.45, 2.75) is 73.6 Å². The number of aliphatic hydroxyl groups excluding tert-OH is 1. The summed E-state index contributed by atoms with van der Waals surface area (Å²) in [6, 6.07) is 0. The second-order valence-electron chi connectivity index (χ2n) is 6.09. The van der Waals surface area contributed by atoms with E-state index in [1.54, 1.807) is 0 Å². The van der Waals surface area contributed by atoms with E-state index in [0.29, 0.717) is 12.5 Å². The molecule has 1 nitrogen and oxygen atoms in total. The maximum Gasteiger partial charge on any atom is 0.0433 e. The summed E-state index contributed by atoms with van der Waals surface area (Å²) in [5.74, 6) is 3.85. The molecular weight excluding hydrogens is 220 g/mol. The van der Waals surface area contributed by atoms with Crippen molar-refractivity contribution in [1.82, 2.24) is 0 Å². The Kier molecular flexibility index (Phi) is 9.81. The van der Waals surface area contributed by atoms with E-state index < -0.39 is 0 Å². The summed E-state index contributed by atoms with van der Waals surface area (Å²) in [5.41, 5.74) is 0. The van der Waals surface area contributed by atoms with Crippen LogP contribution in [0.2, 0.25) is 0 Å². The number of aliphatic hydroxyl groups is 1. The minimum Gasteiger partial charge on any atom is -0.396 e. The van der Waals surface area contributed by atoms with Gasteiger partial charge in [-0.1, -0.05) is 67.2 Å². The third-order valence-corrected chi connectivity index (χ3v) is 5.25. The molecule has 0 saturated heterocycles. The van der Waals surface area contributed by atoms with Crippen LogP contribution in [0, 0.1) is 29.6 Å². The van der Waals surface area contributed by atoms with Crippen LogP contribution in [0.1, 0.15) is 73.6 Å². The lowest BCUT2D eigenvalue weighted by molar-refractivity contribution is 0.0914. The van der Waals surface area contributed by atoms with Gasteiger partial charge in [0.05, 0.1) is 0 Å². The van der Waals surface area contributed by atoms with Crippen molar-refractivity contribution in [2.24, 2.45) is 29.6 Å². The molecule has 0 heterocycles. The van der Waals surface area contributed by atoms with Crippen LogP contribution >= 0.6 is 0 Å². The monoisotopic (exact) mass is 256 g/mol. The largest absolute Gasteiger partial charge is 0.396 e. The third-order valence-electron chi connectivity index (χ3n) is 5.25. The number of rotatable bonds is 10.